The monoisotopic (exact) mass is 494 g/mol. The molecule has 1 amide bonds. The van der Waals surface area contributed by atoms with Gasteiger partial charge in [0.1, 0.15) is 5.60 Å². The van der Waals surface area contributed by atoms with Gasteiger partial charge in [-0.2, -0.15) is 18.3 Å². The summed E-state index contributed by atoms with van der Waals surface area (Å²) in [5.41, 5.74) is 4.14. The first-order valence-electron chi connectivity index (χ1n) is 12.8. The first kappa shape index (κ1) is 25.8. The van der Waals surface area contributed by atoms with Gasteiger partial charge in [-0.1, -0.05) is 6.92 Å². The fourth-order valence-corrected chi connectivity index (χ4v) is 5.66. The Morgan fingerprint density at radius 3 is 2.40 bits per heavy atom. The first-order valence-corrected chi connectivity index (χ1v) is 12.8. The van der Waals surface area contributed by atoms with Gasteiger partial charge < -0.3 is 9.64 Å². The van der Waals surface area contributed by atoms with Crippen molar-refractivity contribution in [3.8, 4) is 0 Å². The summed E-state index contributed by atoms with van der Waals surface area (Å²) in [6.45, 7) is 10.9. The van der Waals surface area contributed by atoms with Crippen LogP contribution in [-0.4, -0.2) is 50.5 Å². The zero-order chi connectivity index (χ0) is 25.5. The Morgan fingerprint density at radius 2 is 1.80 bits per heavy atom. The summed E-state index contributed by atoms with van der Waals surface area (Å²) in [6.07, 6.45) is -0.569. The summed E-state index contributed by atoms with van der Waals surface area (Å²) in [5.74, 6) is -1.11. The van der Waals surface area contributed by atoms with Crippen molar-refractivity contribution in [1.82, 2.24) is 19.5 Å². The molecule has 0 bridgehead atoms. The lowest BCUT2D eigenvalue weighted by Gasteiger charge is -2.35. The largest absolute Gasteiger partial charge is 0.444 e. The van der Waals surface area contributed by atoms with Crippen LogP contribution in [0.15, 0.2) is 6.07 Å². The molecule has 1 aliphatic heterocycles. The molecule has 6 nitrogen and oxygen atoms in total. The lowest BCUT2D eigenvalue weighted by atomic mass is 9.80. The number of alkyl halides is 3. The molecule has 0 unspecified atom stereocenters. The van der Waals surface area contributed by atoms with Crippen molar-refractivity contribution in [1.29, 1.82) is 0 Å². The Labute approximate surface area is 205 Å². The van der Waals surface area contributed by atoms with Gasteiger partial charge in [-0.25, -0.2) is 14.3 Å². The number of ether oxygens (including phenoxy) is 1. The van der Waals surface area contributed by atoms with Crippen LogP contribution >= 0.6 is 0 Å². The highest BCUT2D eigenvalue weighted by molar-refractivity contribution is 5.68. The van der Waals surface area contributed by atoms with E-state index in [1.807, 2.05) is 38.3 Å². The summed E-state index contributed by atoms with van der Waals surface area (Å²) in [6, 6.07) is 1.95. The normalized spacial score (nSPS) is 24.1. The summed E-state index contributed by atoms with van der Waals surface area (Å²) >= 11 is 0. The van der Waals surface area contributed by atoms with Crippen molar-refractivity contribution in [2.24, 2.45) is 5.92 Å². The molecule has 2 aromatic rings. The third-order valence-electron chi connectivity index (χ3n) is 7.39. The van der Waals surface area contributed by atoms with Crippen molar-refractivity contribution in [3.05, 3.63) is 28.7 Å². The summed E-state index contributed by atoms with van der Waals surface area (Å²) in [5, 5.41) is 4.92. The molecule has 0 spiro atoms. The minimum Gasteiger partial charge on any atom is -0.444 e. The van der Waals surface area contributed by atoms with Gasteiger partial charge >= 0.3 is 12.3 Å². The van der Waals surface area contributed by atoms with Gasteiger partial charge in [-0.3, -0.25) is 0 Å². The third-order valence-corrected chi connectivity index (χ3v) is 7.39. The van der Waals surface area contributed by atoms with Crippen LogP contribution in [0.1, 0.15) is 101 Å². The number of carbonyl (C=O) groups is 1. The predicted molar refractivity (Wildman–Crippen MR) is 128 cm³/mol. The van der Waals surface area contributed by atoms with E-state index in [9.17, 15) is 18.0 Å². The van der Waals surface area contributed by atoms with Crippen LogP contribution in [0.4, 0.5) is 18.0 Å². The number of nitrogens with zero attached hydrogens (tertiary/aromatic N) is 4. The third kappa shape index (κ3) is 5.59. The van der Waals surface area contributed by atoms with Gasteiger partial charge in [-0.05, 0) is 78.2 Å². The average molecular weight is 495 g/mol. The number of fused-ring (bicyclic) bond motifs is 1. The number of halogens is 3. The Bertz CT molecular complexity index is 1070. The van der Waals surface area contributed by atoms with E-state index in [1.54, 1.807) is 4.90 Å². The van der Waals surface area contributed by atoms with E-state index in [2.05, 4.69) is 6.92 Å². The van der Waals surface area contributed by atoms with E-state index in [0.717, 1.165) is 47.6 Å². The van der Waals surface area contributed by atoms with E-state index >= 15 is 0 Å². The van der Waals surface area contributed by atoms with E-state index < -0.39 is 17.7 Å². The van der Waals surface area contributed by atoms with Crippen molar-refractivity contribution in [2.75, 3.05) is 13.1 Å². The number of rotatable bonds is 3. The minimum atomic E-state index is -4.12. The molecule has 35 heavy (non-hydrogen) atoms. The smallest absolute Gasteiger partial charge is 0.410 e. The van der Waals surface area contributed by atoms with E-state index in [1.165, 1.54) is 0 Å². The summed E-state index contributed by atoms with van der Waals surface area (Å²) < 4.78 is 46.9. The Hall–Kier alpha value is -2.32. The van der Waals surface area contributed by atoms with Crippen molar-refractivity contribution >= 4 is 11.7 Å². The van der Waals surface area contributed by atoms with Crippen LogP contribution in [0, 0.1) is 12.8 Å². The fraction of sp³-hybridized carbons (Fsp3) is 0.731. The standard InChI is InChI=1S/C26H37F3N4O2/c1-6-20-16(2)30-22-14-21(17-9-11-19(12-10-17)26(27,28)29)31-33(22)23(20)18-8-7-13-32(15-18)24(34)35-25(3,4)5/h14,17-19H,6-13,15H2,1-5H3/t17-,18-,19-/m0/s1. The molecule has 2 aliphatic rings. The second kappa shape index (κ2) is 9.62. The molecule has 1 saturated carbocycles. The molecule has 4 rings (SSSR count). The Balaban J connectivity index is 1.63. The minimum absolute atomic E-state index is 0.0122. The van der Waals surface area contributed by atoms with Gasteiger partial charge in [-0.15, -0.1) is 0 Å². The van der Waals surface area contributed by atoms with E-state index in [-0.39, 0.29) is 30.8 Å². The van der Waals surface area contributed by atoms with Crippen LogP contribution in [0.5, 0.6) is 0 Å². The van der Waals surface area contributed by atoms with Crippen LogP contribution < -0.4 is 0 Å². The molecule has 3 heterocycles. The topological polar surface area (TPSA) is 59.7 Å². The summed E-state index contributed by atoms with van der Waals surface area (Å²) in [4.78, 5) is 19.3. The molecule has 1 saturated heterocycles. The van der Waals surface area contributed by atoms with E-state index in [0.29, 0.717) is 25.9 Å². The number of piperidine rings is 1. The maximum absolute atomic E-state index is 13.1. The lowest BCUT2D eigenvalue weighted by Crippen LogP contribution is -2.42. The molecule has 0 N–H and O–H groups in total. The Morgan fingerprint density at radius 1 is 1.11 bits per heavy atom. The molecule has 2 aromatic heterocycles. The maximum atomic E-state index is 13.1. The number of amides is 1. The second-order valence-electron chi connectivity index (χ2n) is 11.1. The molecular weight excluding hydrogens is 457 g/mol. The van der Waals surface area contributed by atoms with Gasteiger partial charge in [0, 0.05) is 36.7 Å². The quantitative estimate of drug-likeness (QED) is 0.485. The molecule has 0 radical (unpaired) electrons. The highest BCUT2D eigenvalue weighted by Gasteiger charge is 2.42. The molecular formula is C26H37F3N4O2. The first-order chi connectivity index (χ1) is 16.4. The average Bonchev–Trinajstić information content (AvgIpc) is 3.20. The van der Waals surface area contributed by atoms with Gasteiger partial charge in [0.2, 0.25) is 0 Å². The zero-order valence-corrected chi connectivity index (χ0v) is 21.4. The fourth-order valence-electron chi connectivity index (χ4n) is 5.66. The Kier molecular flexibility index (Phi) is 7.08. The van der Waals surface area contributed by atoms with Gasteiger partial charge in [0.25, 0.3) is 0 Å². The maximum Gasteiger partial charge on any atom is 0.410 e. The molecule has 9 heteroatoms. The van der Waals surface area contributed by atoms with Crippen molar-refractivity contribution in [2.45, 2.75) is 103 Å². The number of hydrogen-bond acceptors (Lipinski definition) is 4. The molecule has 1 atom stereocenters. The van der Waals surface area contributed by atoms with Crippen LogP contribution in [0.3, 0.4) is 0 Å². The molecule has 0 aromatic carbocycles. The van der Waals surface area contributed by atoms with Gasteiger partial charge in [0.15, 0.2) is 5.65 Å². The number of aryl methyl sites for hydroxylation is 1. The predicted octanol–water partition coefficient (Wildman–Crippen LogP) is 6.55. The second-order valence-corrected chi connectivity index (χ2v) is 11.1. The van der Waals surface area contributed by atoms with Crippen molar-refractivity contribution in [3.63, 3.8) is 0 Å². The molecule has 194 valence electrons. The highest BCUT2D eigenvalue weighted by Crippen LogP contribution is 2.43. The van der Waals surface area contributed by atoms with Crippen LogP contribution in [0.25, 0.3) is 5.65 Å². The zero-order valence-electron chi connectivity index (χ0n) is 21.4. The SMILES string of the molecule is CCc1c(C)nc2cc([C@H]3CC[C@H](C(F)(F)F)CC3)nn2c1[C@H]1CCCN(C(=O)OC(C)(C)C)C1. The highest BCUT2D eigenvalue weighted by atomic mass is 19.4. The van der Waals surface area contributed by atoms with Crippen LogP contribution in [0.2, 0.25) is 0 Å². The molecule has 1 aliphatic carbocycles. The molecule has 2 fully saturated rings. The number of aromatic nitrogens is 3. The summed E-state index contributed by atoms with van der Waals surface area (Å²) in [7, 11) is 0. The number of likely N-dealkylation sites (tertiary alicyclic amines) is 1. The number of hydrogen-bond donors (Lipinski definition) is 0. The number of carbonyl (C=O) groups excluding carboxylic acids is 1. The van der Waals surface area contributed by atoms with E-state index in [4.69, 9.17) is 14.8 Å². The van der Waals surface area contributed by atoms with Crippen LogP contribution in [-0.2, 0) is 11.2 Å². The van der Waals surface area contributed by atoms with Gasteiger partial charge in [0.05, 0.1) is 17.3 Å². The van der Waals surface area contributed by atoms with Crippen molar-refractivity contribution < 1.29 is 22.7 Å². The lowest BCUT2D eigenvalue weighted by molar-refractivity contribution is -0.182.